The number of rotatable bonds is 2. The molecule has 112 valence electrons. The molecule has 3 rings (SSSR count). The van der Waals surface area contributed by atoms with E-state index in [0.717, 1.165) is 35.7 Å². The van der Waals surface area contributed by atoms with Crippen LogP contribution in [0, 0.1) is 0 Å². The van der Waals surface area contributed by atoms with Crippen molar-refractivity contribution in [2.75, 3.05) is 0 Å². The Morgan fingerprint density at radius 2 is 1.90 bits per heavy atom. The minimum atomic E-state index is -0.461. The van der Waals surface area contributed by atoms with Crippen LogP contribution in [0.25, 0.3) is 11.5 Å². The maximum absolute atomic E-state index is 6.51. The molecule has 6 heteroatoms. The van der Waals surface area contributed by atoms with Crippen molar-refractivity contribution in [1.82, 2.24) is 10.1 Å². The monoisotopic (exact) mass is 369 g/mol. The summed E-state index contributed by atoms with van der Waals surface area (Å²) in [6, 6.07) is 5.56. The highest BCUT2D eigenvalue weighted by atomic mass is 79.9. The summed E-state index contributed by atoms with van der Waals surface area (Å²) in [5, 5.41) is 4.73. The van der Waals surface area contributed by atoms with Crippen molar-refractivity contribution in [2.24, 2.45) is 5.73 Å². The Kier molecular flexibility index (Phi) is 4.33. The van der Waals surface area contributed by atoms with Crippen LogP contribution < -0.4 is 5.73 Å². The molecule has 1 heterocycles. The van der Waals surface area contributed by atoms with Crippen molar-refractivity contribution < 1.29 is 4.52 Å². The number of hydrogen-bond donors (Lipinski definition) is 1. The van der Waals surface area contributed by atoms with Gasteiger partial charge in [0.1, 0.15) is 0 Å². The van der Waals surface area contributed by atoms with Crippen molar-refractivity contribution >= 4 is 27.5 Å². The van der Waals surface area contributed by atoms with Crippen molar-refractivity contribution in [1.29, 1.82) is 0 Å². The second-order valence-corrected chi connectivity index (χ2v) is 6.88. The van der Waals surface area contributed by atoms with E-state index < -0.39 is 5.54 Å². The molecule has 0 radical (unpaired) electrons. The average molecular weight is 371 g/mol. The Balaban J connectivity index is 1.90. The van der Waals surface area contributed by atoms with E-state index in [2.05, 4.69) is 26.1 Å². The molecule has 0 bridgehead atoms. The Bertz CT molecular complexity index is 636. The van der Waals surface area contributed by atoms with E-state index in [9.17, 15) is 0 Å². The first kappa shape index (κ1) is 15.0. The van der Waals surface area contributed by atoms with Crippen LogP contribution >= 0.6 is 27.5 Å². The quantitative estimate of drug-likeness (QED) is 0.781. The molecule has 0 unspecified atom stereocenters. The van der Waals surface area contributed by atoms with Crippen LogP contribution in [0.5, 0.6) is 0 Å². The first-order valence-electron chi connectivity index (χ1n) is 7.17. The lowest BCUT2D eigenvalue weighted by atomic mass is 9.91. The van der Waals surface area contributed by atoms with Gasteiger partial charge in [0, 0.05) is 10.0 Å². The van der Waals surface area contributed by atoms with E-state index in [1.807, 2.05) is 12.1 Å². The predicted octanol–water partition coefficient (Wildman–Crippen LogP) is 4.66. The lowest BCUT2D eigenvalue weighted by molar-refractivity contribution is 0.334. The molecule has 1 aliphatic carbocycles. The van der Waals surface area contributed by atoms with Gasteiger partial charge in [0.15, 0.2) is 5.82 Å². The fourth-order valence-electron chi connectivity index (χ4n) is 2.76. The first-order chi connectivity index (χ1) is 10.1. The van der Waals surface area contributed by atoms with Crippen LogP contribution in [0.1, 0.15) is 44.3 Å². The molecule has 1 aromatic heterocycles. The van der Waals surface area contributed by atoms with Crippen LogP contribution in [0.3, 0.4) is 0 Å². The van der Waals surface area contributed by atoms with E-state index >= 15 is 0 Å². The topological polar surface area (TPSA) is 64.9 Å². The predicted molar refractivity (Wildman–Crippen MR) is 86.0 cm³/mol. The molecule has 1 aliphatic rings. The van der Waals surface area contributed by atoms with Gasteiger partial charge < -0.3 is 10.3 Å². The molecule has 0 aliphatic heterocycles. The van der Waals surface area contributed by atoms with Gasteiger partial charge in [-0.1, -0.05) is 42.4 Å². The molecule has 21 heavy (non-hydrogen) atoms. The summed E-state index contributed by atoms with van der Waals surface area (Å²) >= 11 is 9.48. The van der Waals surface area contributed by atoms with E-state index in [4.69, 9.17) is 21.9 Å². The van der Waals surface area contributed by atoms with E-state index in [0.29, 0.717) is 16.7 Å². The van der Waals surface area contributed by atoms with Gasteiger partial charge in [0.25, 0.3) is 5.89 Å². The lowest BCUT2D eigenvalue weighted by Crippen LogP contribution is -2.37. The second kappa shape index (κ2) is 6.07. The number of hydrogen-bond acceptors (Lipinski definition) is 4. The van der Waals surface area contributed by atoms with Gasteiger partial charge in [-0.05, 0) is 47.0 Å². The lowest BCUT2D eigenvalue weighted by Gasteiger charge is -2.23. The van der Waals surface area contributed by atoms with Gasteiger partial charge in [-0.25, -0.2) is 0 Å². The van der Waals surface area contributed by atoms with Gasteiger partial charge in [0.05, 0.1) is 10.6 Å². The zero-order valence-electron chi connectivity index (χ0n) is 11.6. The summed E-state index contributed by atoms with van der Waals surface area (Å²) in [5.74, 6) is 1.08. The first-order valence-corrected chi connectivity index (χ1v) is 8.34. The summed E-state index contributed by atoms with van der Waals surface area (Å²) < 4.78 is 6.23. The fraction of sp³-hybridized carbons (Fsp3) is 0.467. The summed E-state index contributed by atoms with van der Waals surface area (Å²) in [6.07, 6.45) is 6.51. The molecular formula is C15H17BrClN3O. The summed E-state index contributed by atoms with van der Waals surface area (Å²) in [7, 11) is 0. The van der Waals surface area contributed by atoms with Gasteiger partial charge in [0.2, 0.25) is 0 Å². The highest BCUT2D eigenvalue weighted by molar-refractivity contribution is 9.10. The Hall–Kier alpha value is -0.910. The zero-order valence-corrected chi connectivity index (χ0v) is 14.0. The van der Waals surface area contributed by atoms with Gasteiger partial charge >= 0.3 is 0 Å². The maximum atomic E-state index is 6.51. The van der Waals surface area contributed by atoms with Crippen LogP contribution in [0.15, 0.2) is 27.2 Å². The summed E-state index contributed by atoms with van der Waals surface area (Å²) in [6.45, 7) is 0. The maximum Gasteiger partial charge on any atom is 0.258 e. The molecule has 0 saturated heterocycles. The van der Waals surface area contributed by atoms with Gasteiger partial charge in [-0.2, -0.15) is 4.98 Å². The highest BCUT2D eigenvalue weighted by Gasteiger charge is 2.33. The molecule has 2 aromatic rings. The minimum Gasteiger partial charge on any atom is -0.334 e. The highest BCUT2D eigenvalue weighted by Crippen LogP contribution is 2.34. The molecule has 1 fully saturated rings. The summed E-state index contributed by atoms with van der Waals surface area (Å²) in [5.41, 5.74) is 6.85. The molecule has 0 amide bonds. The van der Waals surface area contributed by atoms with Crippen LogP contribution in [-0.2, 0) is 5.54 Å². The number of halogens is 2. The molecule has 2 N–H and O–H groups in total. The fourth-order valence-corrected chi connectivity index (χ4v) is 3.18. The standard InChI is InChI=1S/C15H17BrClN3O/c16-11-6-5-10(9-12(11)17)13-19-14(20-21-13)15(18)7-3-1-2-4-8-15/h5-6,9H,1-4,7-8,18H2. The minimum absolute atomic E-state index is 0.461. The van der Waals surface area contributed by atoms with Crippen molar-refractivity contribution in [2.45, 2.75) is 44.1 Å². The third kappa shape index (κ3) is 3.15. The number of benzene rings is 1. The third-order valence-electron chi connectivity index (χ3n) is 4.03. The molecular weight excluding hydrogens is 354 g/mol. The Labute approximate surface area is 137 Å². The zero-order chi connectivity index (χ0) is 14.9. The number of aromatic nitrogens is 2. The third-order valence-corrected chi connectivity index (χ3v) is 5.27. The average Bonchev–Trinajstić information content (AvgIpc) is 2.86. The molecule has 0 atom stereocenters. The number of nitrogens with two attached hydrogens (primary N) is 1. The van der Waals surface area contributed by atoms with Crippen LogP contribution in [-0.4, -0.2) is 10.1 Å². The molecule has 0 spiro atoms. The largest absolute Gasteiger partial charge is 0.334 e. The Morgan fingerprint density at radius 3 is 2.57 bits per heavy atom. The van der Waals surface area contributed by atoms with Crippen molar-refractivity contribution in [3.63, 3.8) is 0 Å². The van der Waals surface area contributed by atoms with E-state index in [1.54, 1.807) is 6.07 Å². The second-order valence-electron chi connectivity index (χ2n) is 5.62. The molecule has 4 nitrogen and oxygen atoms in total. The Morgan fingerprint density at radius 1 is 1.19 bits per heavy atom. The van der Waals surface area contributed by atoms with Gasteiger partial charge in [-0.3, -0.25) is 0 Å². The number of nitrogens with zero attached hydrogens (tertiary/aromatic N) is 2. The normalized spacial score (nSPS) is 18.4. The van der Waals surface area contributed by atoms with Crippen LogP contribution in [0.2, 0.25) is 5.02 Å². The van der Waals surface area contributed by atoms with Crippen molar-refractivity contribution in [3.05, 3.63) is 33.5 Å². The van der Waals surface area contributed by atoms with E-state index in [-0.39, 0.29) is 0 Å². The van der Waals surface area contributed by atoms with Crippen LogP contribution in [0.4, 0.5) is 0 Å². The molecule has 1 aromatic carbocycles. The molecule has 1 saturated carbocycles. The van der Waals surface area contributed by atoms with Crippen molar-refractivity contribution in [3.8, 4) is 11.5 Å². The van der Waals surface area contributed by atoms with E-state index in [1.165, 1.54) is 12.8 Å². The smallest absolute Gasteiger partial charge is 0.258 e. The van der Waals surface area contributed by atoms with Gasteiger partial charge in [-0.15, -0.1) is 0 Å². The summed E-state index contributed by atoms with van der Waals surface area (Å²) in [4.78, 5) is 4.51. The SMILES string of the molecule is NC1(c2noc(-c3ccc(Br)c(Cl)c3)n2)CCCCCC1.